The van der Waals surface area contributed by atoms with Crippen molar-refractivity contribution in [2.45, 2.75) is 19.9 Å². The van der Waals surface area contributed by atoms with Crippen LogP contribution in [0.5, 0.6) is 5.75 Å². The van der Waals surface area contributed by atoms with E-state index < -0.39 is 0 Å². The number of rotatable bonds is 3. The third kappa shape index (κ3) is 3.03. The number of nitrogens with two attached hydrogens (primary N) is 1. The monoisotopic (exact) mass is 183 g/mol. The third-order valence-corrected chi connectivity index (χ3v) is 1.66. The van der Waals surface area contributed by atoms with Crippen molar-refractivity contribution in [3.8, 4) is 5.75 Å². The fourth-order valence-corrected chi connectivity index (χ4v) is 0.891. The van der Waals surface area contributed by atoms with Crippen LogP contribution in [-0.2, 0) is 0 Å². The topological polar surface area (TPSA) is 35.2 Å². The number of hydrogen-bond acceptors (Lipinski definition) is 2. The van der Waals surface area contributed by atoms with Gasteiger partial charge in [0.25, 0.3) is 0 Å². The summed E-state index contributed by atoms with van der Waals surface area (Å²) < 4.78 is 18.2. The van der Waals surface area contributed by atoms with Gasteiger partial charge in [0.2, 0.25) is 0 Å². The van der Waals surface area contributed by atoms with Crippen LogP contribution in [-0.4, -0.2) is 12.6 Å². The van der Waals surface area contributed by atoms with E-state index >= 15 is 0 Å². The number of ether oxygens (including phenoxy) is 1. The molecule has 1 aromatic carbocycles. The van der Waals surface area contributed by atoms with Gasteiger partial charge in [-0.1, -0.05) is 6.07 Å². The Bertz CT molecular complexity index is 286. The van der Waals surface area contributed by atoms with Crippen molar-refractivity contribution in [2.75, 3.05) is 6.61 Å². The smallest absolute Gasteiger partial charge is 0.129 e. The van der Waals surface area contributed by atoms with Gasteiger partial charge in [0, 0.05) is 12.1 Å². The van der Waals surface area contributed by atoms with Gasteiger partial charge in [-0.25, -0.2) is 4.39 Å². The van der Waals surface area contributed by atoms with Crippen molar-refractivity contribution >= 4 is 0 Å². The summed E-state index contributed by atoms with van der Waals surface area (Å²) in [7, 11) is 0. The van der Waals surface area contributed by atoms with Crippen LogP contribution in [0.15, 0.2) is 18.2 Å². The predicted octanol–water partition coefficient (Wildman–Crippen LogP) is 1.86. The Morgan fingerprint density at radius 2 is 2.23 bits per heavy atom. The minimum Gasteiger partial charge on any atom is -0.492 e. The molecule has 1 rings (SSSR count). The molecule has 0 bridgehead atoms. The number of aryl methyl sites for hydroxylation is 1. The molecule has 0 amide bonds. The Balaban J connectivity index is 2.63. The molecule has 0 radical (unpaired) electrons. The minimum atomic E-state index is -0.248. The quantitative estimate of drug-likeness (QED) is 0.776. The van der Waals surface area contributed by atoms with Crippen molar-refractivity contribution in [3.63, 3.8) is 0 Å². The number of hydrogen-bond donors (Lipinski definition) is 1. The molecule has 0 aliphatic carbocycles. The van der Waals surface area contributed by atoms with Crippen LogP contribution in [0.25, 0.3) is 0 Å². The summed E-state index contributed by atoms with van der Waals surface area (Å²) in [5, 5.41) is 0. The molecular weight excluding hydrogens is 169 g/mol. The molecule has 1 aromatic rings. The zero-order valence-corrected chi connectivity index (χ0v) is 7.88. The first-order chi connectivity index (χ1) is 6.09. The molecule has 0 spiro atoms. The molecule has 2 nitrogen and oxygen atoms in total. The maximum Gasteiger partial charge on any atom is 0.129 e. The Labute approximate surface area is 77.5 Å². The largest absolute Gasteiger partial charge is 0.492 e. The molecule has 1 atom stereocenters. The van der Waals surface area contributed by atoms with Crippen LogP contribution in [0.4, 0.5) is 4.39 Å². The van der Waals surface area contributed by atoms with Crippen LogP contribution in [0.1, 0.15) is 12.5 Å². The molecule has 3 heteroatoms. The van der Waals surface area contributed by atoms with Crippen LogP contribution < -0.4 is 10.5 Å². The first-order valence-electron chi connectivity index (χ1n) is 4.24. The van der Waals surface area contributed by atoms with E-state index in [1.807, 2.05) is 6.92 Å². The lowest BCUT2D eigenvalue weighted by atomic mass is 10.2. The number of halogens is 1. The summed E-state index contributed by atoms with van der Waals surface area (Å²) in [6, 6.07) is 4.76. The van der Waals surface area contributed by atoms with Crippen molar-refractivity contribution in [1.82, 2.24) is 0 Å². The highest BCUT2D eigenvalue weighted by Crippen LogP contribution is 2.15. The van der Waals surface area contributed by atoms with Gasteiger partial charge in [0.05, 0.1) is 0 Å². The first-order valence-corrected chi connectivity index (χ1v) is 4.24. The van der Waals surface area contributed by atoms with E-state index in [2.05, 4.69) is 0 Å². The average Bonchev–Trinajstić information content (AvgIpc) is 2.07. The number of benzene rings is 1. The zero-order chi connectivity index (χ0) is 9.84. The second-order valence-corrected chi connectivity index (χ2v) is 3.20. The molecule has 0 fully saturated rings. The summed E-state index contributed by atoms with van der Waals surface area (Å²) >= 11 is 0. The fourth-order valence-electron chi connectivity index (χ4n) is 0.891. The van der Waals surface area contributed by atoms with E-state index in [4.69, 9.17) is 10.5 Å². The van der Waals surface area contributed by atoms with Gasteiger partial charge in [-0.3, -0.25) is 0 Å². The average molecular weight is 183 g/mol. The summed E-state index contributed by atoms with van der Waals surface area (Å²) in [6.07, 6.45) is 0. The summed E-state index contributed by atoms with van der Waals surface area (Å²) in [6.45, 7) is 3.96. The highest BCUT2D eigenvalue weighted by molar-refractivity contribution is 5.27. The zero-order valence-electron chi connectivity index (χ0n) is 7.88. The Hall–Kier alpha value is -1.09. The molecule has 1 unspecified atom stereocenters. The fraction of sp³-hybridized carbons (Fsp3) is 0.400. The summed E-state index contributed by atoms with van der Waals surface area (Å²) in [5.41, 5.74) is 6.11. The van der Waals surface area contributed by atoms with Crippen LogP contribution >= 0.6 is 0 Å². The van der Waals surface area contributed by atoms with Gasteiger partial charge >= 0.3 is 0 Å². The Morgan fingerprint density at radius 1 is 1.54 bits per heavy atom. The summed E-state index contributed by atoms with van der Waals surface area (Å²) in [5.74, 6) is 0.280. The van der Waals surface area contributed by atoms with E-state index in [0.29, 0.717) is 17.9 Å². The van der Waals surface area contributed by atoms with Gasteiger partial charge in [-0.2, -0.15) is 0 Å². The highest BCUT2D eigenvalue weighted by atomic mass is 19.1. The molecule has 72 valence electrons. The Morgan fingerprint density at radius 3 is 2.77 bits per heavy atom. The molecule has 0 aliphatic heterocycles. The van der Waals surface area contributed by atoms with E-state index in [1.54, 1.807) is 19.1 Å². The molecule has 0 heterocycles. The second kappa shape index (κ2) is 4.23. The SMILES string of the molecule is Cc1ccc(OCC(C)N)cc1F. The molecule has 0 saturated carbocycles. The molecular formula is C10H14FNO. The van der Waals surface area contributed by atoms with Gasteiger partial charge in [0.1, 0.15) is 18.2 Å². The molecule has 0 aromatic heterocycles. The van der Waals surface area contributed by atoms with E-state index in [1.165, 1.54) is 6.07 Å². The van der Waals surface area contributed by atoms with Crippen molar-refractivity contribution in [2.24, 2.45) is 5.73 Å². The predicted molar refractivity (Wildman–Crippen MR) is 50.3 cm³/mol. The maximum atomic E-state index is 13.0. The first kappa shape index (κ1) is 9.99. The lowest BCUT2D eigenvalue weighted by Gasteiger charge is -2.08. The maximum absolute atomic E-state index is 13.0. The van der Waals surface area contributed by atoms with Gasteiger partial charge in [-0.15, -0.1) is 0 Å². The van der Waals surface area contributed by atoms with E-state index in [9.17, 15) is 4.39 Å². The summed E-state index contributed by atoms with van der Waals surface area (Å²) in [4.78, 5) is 0. The van der Waals surface area contributed by atoms with Gasteiger partial charge in [0.15, 0.2) is 0 Å². The van der Waals surface area contributed by atoms with Crippen LogP contribution in [0.3, 0.4) is 0 Å². The van der Waals surface area contributed by atoms with E-state index in [-0.39, 0.29) is 11.9 Å². The van der Waals surface area contributed by atoms with Crippen molar-refractivity contribution < 1.29 is 9.13 Å². The van der Waals surface area contributed by atoms with E-state index in [0.717, 1.165) is 0 Å². The highest BCUT2D eigenvalue weighted by Gasteiger charge is 2.00. The molecule has 13 heavy (non-hydrogen) atoms. The second-order valence-electron chi connectivity index (χ2n) is 3.20. The van der Waals surface area contributed by atoms with Crippen LogP contribution in [0.2, 0.25) is 0 Å². The standard InChI is InChI=1S/C10H14FNO/c1-7-3-4-9(5-10(7)11)13-6-8(2)12/h3-5,8H,6,12H2,1-2H3. The lowest BCUT2D eigenvalue weighted by molar-refractivity contribution is 0.295. The normalized spacial score (nSPS) is 12.6. The van der Waals surface area contributed by atoms with Crippen molar-refractivity contribution in [3.05, 3.63) is 29.6 Å². The third-order valence-electron chi connectivity index (χ3n) is 1.66. The minimum absolute atomic E-state index is 0.0376. The van der Waals surface area contributed by atoms with Crippen LogP contribution in [0, 0.1) is 12.7 Å². The molecule has 0 aliphatic rings. The van der Waals surface area contributed by atoms with Crippen molar-refractivity contribution in [1.29, 1.82) is 0 Å². The van der Waals surface area contributed by atoms with Gasteiger partial charge in [-0.05, 0) is 25.5 Å². The van der Waals surface area contributed by atoms with Gasteiger partial charge < -0.3 is 10.5 Å². The molecule has 2 N–H and O–H groups in total. The molecule has 0 saturated heterocycles. The Kier molecular flexibility index (Phi) is 3.25. The lowest BCUT2D eigenvalue weighted by Crippen LogP contribution is -2.23.